The van der Waals surface area contributed by atoms with Crippen LogP contribution in [0.2, 0.25) is 0 Å². The van der Waals surface area contributed by atoms with Crippen LogP contribution in [-0.2, 0) is 4.79 Å². The van der Waals surface area contributed by atoms with Crippen LogP contribution in [0.5, 0.6) is 0 Å². The van der Waals surface area contributed by atoms with Gasteiger partial charge in [0.05, 0.1) is 29.7 Å². The van der Waals surface area contributed by atoms with Crippen molar-refractivity contribution in [2.24, 2.45) is 16.7 Å². The Kier molecular flexibility index (Phi) is 3.78. The fourth-order valence-electron chi connectivity index (χ4n) is 1.29. The Labute approximate surface area is 94.1 Å². The van der Waals surface area contributed by atoms with Gasteiger partial charge < -0.3 is 0 Å². The maximum absolute atomic E-state index is 11.4. The number of carbonyl (C=O) groups is 1. The summed E-state index contributed by atoms with van der Waals surface area (Å²) in [4.78, 5) is 11.4. The van der Waals surface area contributed by atoms with Crippen molar-refractivity contribution in [2.75, 3.05) is 0 Å². The zero-order valence-corrected chi connectivity index (χ0v) is 9.27. The van der Waals surface area contributed by atoms with Gasteiger partial charge >= 0.3 is 0 Å². The van der Waals surface area contributed by atoms with Gasteiger partial charge in [0, 0.05) is 0 Å². The van der Waals surface area contributed by atoms with E-state index in [2.05, 4.69) is 0 Å². The molecule has 0 saturated heterocycles. The number of hydrogen-bond acceptors (Lipinski definition) is 5. The molecule has 0 rings (SSSR count). The molecule has 0 aliphatic heterocycles. The zero-order valence-electron chi connectivity index (χ0n) is 9.27. The van der Waals surface area contributed by atoms with Crippen LogP contribution in [0.3, 0.4) is 0 Å². The van der Waals surface area contributed by atoms with E-state index in [0.29, 0.717) is 0 Å². The Balaban J connectivity index is 5.99. The summed E-state index contributed by atoms with van der Waals surface area (Å²) < 4.78 is 0. The lowest BCUT2D eigenvalue weighted by atomic mass is 9.59. The van der Waals surface area contributed by atoms with Crippen LogP contribution in [0.15, 0.2) is 0 Å². The largest absolute Gasteiger partial charge is 0.299 e. The van der Waals surface area contributed by atoms with E-state index < -0.39 is 22.5 Å². The van der Waals surface area contributed by atoms with Crippen molar-refractivity contribution in [1.29, 1.82) is 21.0 Å². The number of nitriles is 4. The molecule has 0 aromatic heterocycles. The third-order valence-electron chi connectivity index (χ3n) is 2.91. The molecule has 0 fully saturated rings. The molecule has 0 radical (unpaired) electrons. The standard InChI is InChI=1S/C11H10N4O/c1-8(16)10(2,3)11(6-14,7-15)9(4-12)5-13/h9H,1-3H3. The van der Waals surface area contributed by atoms with E-state index in [1.165, 1.54) is 20.8 Å². The molecule has 80 valence electrons. The van der Waals surface area contributed by atoms with Gasteiger partial charge in [0.15, 0.2) is 11.3 Å². The molecule has 0 aliphatic rings. The van der Waals surface area contributed by atoms with Crippen molar-refractivity contribution in [2.45, 2.75) is 20.8 Å². The summed E-state index contributed by atoms with van der Waals surface area (Å²) in [5.74, 6) is -1.87. The third kappa shape index (κ3) is 1.60. The molecular weight excluding hydrogens is 204 g/mol. The molecule has 5 nitrogen and oxygen atoms in total. The number of Topliss-reactive ketones (excluding diaryl/α,β-unsaturated/α-hetero) is 1. The maximum atomic E-state index is 11.4. The number of carbonyl (C=O) groups excluding carboxylic acids is 1. The molecule has 0 aromatic rings. The van der Waals surface area contributed by atoms with E-state index in [1.807, 2.05) is 0 Å². The fourth-order valence-corrected chi connectivity index (χ4v) is 1.29. The second-order valence-electron chi connectivity index (χ2n) is 3.90. The lowest BCUT2D eigenvalue weighted by molar-refractivity contribution is -0.128. The molecule has 0 atom stereocenters. The first-order valence-electron chi connectivity index (χ1n) is 4.46. The average Bonchev–Trinajstić information content (AvgIpc) is 2.25. The summed E-state index contributed by atoms with van der Waals surface area (Å²) >= 11 is 0. The minimum atomic E-state index is -1.94. The van der Waals surface area contributed by atoms with Crippen molar-refractivity contribution < 1.29 is 4.79 Å². The molecule has 0 aliphatic carbocycles. The van der Waals surface area contributed by atoms with E-state index in [1.54, 1.807) is 24.3 Å². The quantitative estimate of drug-likeness (QED) is 0.702. The molecule has 16 heavy (non-hydrogen) atoms. The Morgan fingerprint density at radius 3 is 1.62 bits per heavy atom. The second-order valence-corrected chi connectivity index (χ2v) is 3.90. The number of ketones is 1. The van der Waals surface area contributed by atoms with Crippen LogP contribution >= 0.6 is 0 Å². The minimum Gasteiger partial charge on any atom is -0.299 e. The summed E-state index contributed by atoms with van der Waals surface area (Å²) in [7, 11) is 0. The topological polar surface area (TPSA) is 112 Å². The Hall–Kier alpha value is -2.37. The molecule has 0 N–H and O–H groups in total. The van der Waals surface area contributed by atoms with Crippen LogP contribution in [-0.4, -0.2) is 5.78 Å². The van der Waals surface area contributed by atoms with E-state index >= 15 is 0 Å². The first kappa shape index (κ1) is 13.6. The smallest absolute Gasteiger partial charge is 0.184 e. The highest BCUT2D eigenvalue weighted by Crippen LogP contribution is 2.44. The maximum Gasteiger partial charge on any atom is 0.184 e. The highest BCUT2D eigenvalue weighted by atomic mass is 16.1. The van der Waals surface area contributed by atoms with E-state index in [0.717, 1.165) is 0 Å². The predicted molar refractivity (Wildman–Crippen MR) is 52.8 cm³/mol. The Morgan fingerprint density at radius 1 is 1.06 bits per heavy atom. The van der Waals surface area contributed by atoms with Gasteiger partial charge in [0.2, 0.25) is 0 Å². The minimum absolute atomic E-state index is 0.411. The first-order chi connectivity index (χ1) is 7.33. The SMILES string of the molecule is CC(=O)C(C)(C)C(C#N)(C#N)C(C#N)C#N. The van der Waals surface area contributed by atoms with Crippen molar-refractivity contribution in [1.82, 2.24) is 0 Å². The summed E-state index contributed by atoms with van der Waals surface area (Å²) in [6.45, 7) is 4.02. The third-order valence-corrected chi connectivity index (χ3v) is 2.91. The lowest BCUT2D eigenvalue weighted by Crippen LogP contribution is -2.45. The number of rotatable bonds is 3. The Morgan fingerprint density at radius 2 is 1.44 bits per heavy atom. The second kappa shape index (κ2) is 4.43. The van der Waals surface area contributed by atoms with E-state index in [4.69, 9.17) is 21.0 Å². The molecule has 0 saturated carbocycles. The normalized spacial score (nSPS) is 10.8. The number of nitrogens with zero attached hydrogens (tertiary/aromatic N) is 4. The van der Waals surface area contributed by atoms with Gasteiger partial charge in [0.1, 0.15) is 5.78 Å². The van der Waals surface area contributed by atoms with Crippen molar-refractivity contribution >= 4 is 5.78 Å². The molecule has 5 heteroatoms. The van der Waals surface area contributed by atoms with Crippen LogP contribution in [0.4, 0.5) is 0 Å². The highest BCUT2D eigenvalue weighted by molar-refractivity contribution is 5.84. The first-order valence-corrected chi connectivity index (χ1v) is 4.46. The highest BCUT2D eigenvalue weighted by Gasteiger charge is 2.55. The molecule has 0 amide bonds. The van der Waals surface area contributed by atoms with Gasteiger partial charge in [-0.2, -0.15) is 21.0 Å². The van der Waals surface area contributed by atoms with Crippen molar-refractivity contribution in [3.8, 4) is 24.3 Å². The number of hydrogen-bond donors (Lipinski definition) is 0. The molecule has 0 unspecified atom stereocenters. The fraction of sp³-hybridized carbons (Fsp3) is 0.545. The van der Waals surface area contributed by atoms with E-state index in [9.17, 15) is 4.79 Å². The van der Waals surface area contributed by atoms with Gasteiger partial charge in [-0.3, -0.25) is 4.79 Å². The van der Waals surface area contributed by atoms with E-state index in [-0.39, 0.29) is 0 Å². The van der Waals surface area contributed by atoms with Crippen molar-refractivity contribution in [3.05, 3.63) is 0 Å². The van der Waals surface area contributed by atoms with Gasteiger partial charge in [-0.25, -0.2) is 0 Å². The van der Waals surface area contributed by atoms with Crippen LogP contribution in [0.1, 0.15) is 20.8 Å². The van der Waals surface area contributed by atoms with Gasteiger partial charge in [-0.1, -0.05) is 13.8 Å². The average molecular weight is 214 g/mol. The molecule has 0 spiro atoms. The van der Waals surface area contributed by atoms with Crippen LogP contribution in [0.25, 0.3) is 0 Å². The van der Waals surface area contributed by atoms with Gasteiger partial charge in [-0.05, 0) is 6.92 Å². The van der Waals surface area contributed by atoms with Crippen LogP contribution in [0, 0.1) is 62.1 Å². The summed E-state index contributed by atoms with van der Waals surface area (Å²) in [5.41, 5.74) is -3.31. The lowest BCUT2D eigenvalue weighted by Gasteiger charge is -2.34. The summed E-state index contributed by atoms with van der Waals surface area (Å²) in [6.07, 6.45) is 0. The zero-order chi connectivity index (χ0) is 13.0. The van der Waals surface area contributed by atoms with Gasteiger partial charge in [0.25, 0.3) is 0 Å². The molecule has 0 aromatic carbocycles. The van der Waals surface area contributed by atoms with Crippen LogP contribution < -0.4 is 0 Å². The summed E-state index contributed by atoms with van der Waals surface area (Å²) in [6, 6.07) is 6.52. The summed E-state index contributed by atoms with van der Waals surface area (Å²) in [5, 5.41) is 35.7. The monoisotopic (exact) mass is 214 g/mol. The molecule has 0 heterocycles. The Bertz CT molecular complexity index is 436. The van der Waals surface area contributed by atoms with Gasteiger partial charge in [-0.15, -0.1) is 0 Å². The molecular formula is C11H10N4O. The molecule has 0 bridgehead atoms. The van der Waals surface area contributed by atoms with Crippen molar-refractivity contribution in [3.63, 3.8) is 0 Å². The predicted octanol–water partition coefficient (Wildman–Crippen LogP) is 1.30.